The molecule has 0 spiro atoms. The van der Waals surface area contributed by atoms with Gasteiger partial charge in [-0.15, -0.1) is 0 Å². The van der Waals surface area contributed by atoms with E-state index in [1.807, 2.05) is 0 Å². The van der Waals surface area contributed by atoms with E-state index in [1.54, 1.807) is 19.9 Å². The van der Waals surface area contributed by atoms with Crippen LogP contribution in [0.4, 0.5) is 10.1 Å². The number of nitrogen functional groups attached to an aromatic ring is 1. The predicted octanol–water partition coefficient (Wildman–Crippen LogP) is 1.53. The highest BCUT2D eigenvalue weighted by Crippen LogP contribution is 2.28. The van der Waals surface area contributed by atoms with Crippen molar-refractivity contribution in [3.05, 3.63) is 29.6 Å². The molecule has 0 heterocycles. The van der Waals surface area contributed by atoms with Crippen molar-refractivity contribution < 1.29 is 13.9 Å². The molecular weight excluding hydrogens is 223 g/mol. The largest absolute Gasteiger partial charge is 0.453 e. The number of hydrogen-bond acceptors (Lipinski definition) is 4. The first-order valence-corrected chi connectivity index (χ1v) is 5.40. The first-order chi connectivity index (χ1) is 7.92. The van der Waals surface area contributed by atoms with Gasteiger partial charge < -0.3 is 16.2 Å². The summed E-state index contributed by atoms with van der Waals surface area (Å²) in [5.74, 6) is -0.948. The summed E-state index contributed by atoms with van der Waals surface area (Å²) in [4.78, 5) is 11.3. The Morgan fingerprint density at radius 1 is 1.53 bits per heavy atom. The van der Waals surface area contributed by atoms with Gasteiger partial charge in [-0.05, 0) is 19.1 Å². The van der Waals surface area contributed by atoms with Gasteiger partial charge in [0, 0.05) is 24.2 Å². The summed E-state index contributed by atoms with van der Waals surface area (Å²) in [6.07, 6.45) is 0.214. The van der Waals surface area contributed by atoms with Crippen LogP contribution in [0.5, 0.6) is 0 Å². The van der Waals surface area contributed by atoms with Gasteiger partial charge in [0.1, 0.15) is 11.4 Å². The number of nitrogens with two attached hydrogens (primary N) is 2. The third-order valence-electron chi connectivity index (χ3n) is 2.58. The molecule has 0 bridgehead atoms. The molecule has 0 amide bonds. The van der Waals surface area contributed by atoms with Gasteiger partial charge in [-0.1, -0.05) is 13.0 Å². The van der Waals surface area contributed by atoms with E-state index >= 15 is 0 Å². The number of rotatable bonds is 4. The van der Waals surface area contributed by atoms with E-state index in [-0.39, 0.29) is 18.5 Å². The monoisotopic (exact) mass is 240 g/mol. The molecule has 0 aliphatic carbocycles. The van der Waals surface area contributed by atoms with Crippen molar-refractivity contribution in [1.29, 1.82) is 0 Å². The Morgan fingerprint density at radius 2 is 2.18 bits per heavy atom. The normalized spacial score (nSPS) is 14.1. The summed E-state index contributed by atoms with van der Waals surface area (Å²) < 4.78 is 19.0. The highest BCUT2D eigenvalue weighted by atomic mass is 19.1. The molecule has 1 rings (SSSR count). The first-order valence-electron chi connectivity index (χ1n) is 5.40. The van der Waals surface area contributed by atoms with Crippen molar-refractivity contribution in [2.45, 2.75) is 25.9 Å². The minimum atomic E-state index is -1.16. The molecule has 0 saturated heterocycles. The van der Waals surface area contributed by atoms with Gasteiger partial charge >= 0.3 is 5.97 Å². The lowest BCUT2D eigenvalue weighted by molar-refractivity contribution is -0.158. The van der Waals surface area contributed by atoms with E-state index in [0.29, 0.717) is 5.69 Å². The predicted molar refractivity (Wildman–Crippen MR) is 63.6 cm³/mol. The van der Waals surface area contributed by atoms with Crippen LogP contribution in [-0.2, 0) is 15.1 Å². The minimum absolute atomic E-state index is 0.000419. The molecule has 0 aromatic heterocycles. The van der Waals surface area contributed by atoms with Crippen LogP contribution in [0.1, 0.15) is 25.8 Å². The highest BCUT2D eigenvalue weighted by molar-refractivity contribution is 5.69. The van der Waals surface area contributed by atoms with Crippen molar-refractivity contribution in [3.63, 3.8) is 0 Å². The summed E-state index contributed by atoms with van der Waals surface area (Å²) in [5, 5.41) is 0. The molecule has 1 aromatic rings. The van der Waals surface area contributed by atoms with E-state index in [0.717, 1.165) is 0 Å². The van der Waals surface area contributed by atoms with Gasteiger partial charge in [0.15, 0.2) is 0 Å². The lowest BCUT2D eigenvalue weighted by atomic mass is 9.95. The van der Waals surface area contributed by atoms with E-state index in [9.17, 15) is 9.18 Å². The Bertz CT molecular complexity index is 423. The zero-order chi connectivity index (χ0) is 13.1. The van der Waals surface area contributed by atoms with Crippen LogP contribution in [0, 0.1) is 5.82 Å². The van der Waals surface area contributed by atoms with Gasteiger partial charge in [-0.3, -0.25) is 4.79 Å². The van der Waals surface area contributed by atoms with Crippen LogP contribution in [0.25, 0.3) is 0 Å². The molecule has 1 aromatic carbocycles. The zero-order valence-electron chi connectivity index (χ0n) is 10.00. The second-order valence-electron chi connectivity index (χ2n) is 4.00. The molecular formula is C12H17FN2O2. The second kappa shape index (κ2) is 5.14. The maximum Gasteiger partial charge on any atom is 0.306 e. The number of anilines is 1. The van der Waals surface area contributed by atoms with Crippen molar-refractivity contribution >= 4 is 11.7 Å². The fourth-order valence-corrected chi connectivity index (χ4v) is 1.49. The molecule has 4 N–H and O–H groups in total. The Labute approximate surface area is 99.7 Å². The van der Waals surface area contributed by atoms with Gasteiger partial charge in [-0.25, -0.2) is 4.39 Å². The molecule has 1 unspecified atom stereocenters. The molecule has 17 heavy (non-hydrogen) atoms. The molecule has 0 aliphatic rings. The van der Waals surface area contributed by atoms with E-state index in [1.165, 1.54) is 12.1 Å². The number of benzene rings is 1. The van der Waals surface area contributed by atoms with Crippen LogP contribution >= 0.6 is 0 Å². The zero-order valence-corrected chi connectivity index (χ0v) is 10.00. The Morgan fingerprint density at radius 3 is 2.65 bits per heavy atom. The van der Waals surface area contributed by atoms with E-state index in [2.05, 4.69) is 0 Å². The van der Waals surface area contributed by atoms with Crippen LogP contribution < -0.4 is 11.5 Å². The molecule has 4 nitrogen and oxygen atoms in total. The van der Waals surface area contributed by atoms with Gasteiger partial charge in [0.2, 0.25) is 0 Å². The second-order valence-corrected chi connectivity index (χ2v) is 4.00. The first kappa shape index (κ1) is 13.4. The molecule has 0 radical (unpaired) electrons. The van der Waals surface area contributed by atoms with E-state index in [4.69, 9.17) is 16.2 Å². The topological polar surface area (TPSA) is 78.3 Å². The lowest BCUT2D eigenvalue weighted by Crippen LogP contribution is -2.37. The summed E-state index contributed by atoms with van der Waals surface area (Å²) in [7, 11) is 0. The van der Waals surface area contributed by atoms with E-state index < -0.39 is 17.4 Å². The van der Waals surface area contributed by atoms with Crippen molar-refractivity contribution in [1.82, 2.24) is 0 Å². The average Bonchev–Trinajstić information content (AvgIpc) is 2.28. The van der Waals surface area contributed by atoms with Crippen LogP contribution in [0.2, 0.25) is 0 Å². The maximum atomic E-state index is 13.8. The van der Waals surface area contributed by atoms with Crippen LogP contribution in [0.15, 0.2) is 18.2 Å². The summed E-state index contributed by atoms with van der Waals surface area (Å²) in [6.45, 7) is 3.24. The van der Waals surface area contributed by atoms with Gasteiger partial charge in [-0.2, -0.15) is 0 Å². The SMILES string of the molecule is CCC(=O)OC(C)(CN)c1ccc(N)cc1F. The number of carbonyl (C=O) groups excluding carboxylic acids is 1. The third kappa shape index (κ3) is 2.94. The standard InChI is InChI=1S/C12H17FN2O2/c1-3-11(16)17-12(2,7-14)9-5-4-8(15)6-10(9)13/h4-6H,3,7,14-15H2,1-2H3. The molecule has 1 atom stereocenters. The van der Waals surface area contributed by atoms with Crippen LogP contribution in [0.3, 0.4) is 0 Å². The Hall–Kier alpha value is -1.62. The lowest BCUT2D eigenvalue weighted by Gasteiger charge is -2.29. The molecule has 94 valence electrons. The van der Waals surface area contributed by atoms with Crippen LogP contribution in [-0.4, -0.2) is 12.5 Å². The number of hydrogen-bond donors (Lipinski definition) is 2. The average molecular weight is 240 g/mol. The summed E-state index contributed by atoms with van der Waals surface area (Å²) >= 11 is 0. The molecule has 5 heteroatoms. The minimum Gasteiger partial charge on any atom is -0.453 e. The molecule has 0 aliphatic heterocycles. The summed E-state index contributed by atoms with van der Waals surface area (Å²) in [6, 6.07) is 4.22. The fourth-order valence-electron chi connectivity index (χ4n) is 1.49. The number of ether oxygens (including phenoxy) is 1. The van der Waals surface area contributed by atoms with Crippen molar-refractivity contribution in [2.75, 3.05) is 12.3 Å². The molecule has 0 fully saturated rings. The van der Waals surface area contributed by atoms with Crippen molar-refractivity contribution in [3.8, 4) is 0 Å². The Balaban J connectivity index is 3.11. The van der Waals surface area contributed by atoms with Gasteiger partial charge in [0.25, 0.3) is 0 Å². The highest BCUT2D eigenvalue weighted by Gasteiger charge is 2.32. The van der Waals surface area contributed by atoms with Crippen molar-refractivity contribution in [2.24, 2.45) is 5.73 Å². The third-order valence-corrected chi connectivity index (χ3v) is 2.58. The quantitative estimate of drug-likeness (QED) is 0.618. The number of carbonyl (C=O) groups is 1. The molecule has 0 saturated carbocycles. The van der Waals surface area contributed by atoms with Gasteiger partial charge in [0.05, 0.1) is 0 Å². The summed E-state index contributed by atoms with van der Waals surface area (Å²) in [5.41, 5.74) is 10.4. The fraction of sp³-hybridized carbons (Fsp3) is 0.417. The Kier molecular flexibility index (Phi) is 4.07. The number of halogens is 1. The maximum absolute atomic E-state index is 13.8. The smallest absolute Gasteiger partial charge is 0.306 e. The number of esters is 1.